The van der Waals surface area contributed by atoms with E-state index in [1.54, 1.807) is 0 Å². The van der Waals surface area contributed by atoms with Gasteiger partial charge < -0.3 is 0 Å². The van der Waals surface area contributed by atoms with E-state index in [4.69, 9.17) is 11.6 Å². The van der Waals surface area contributed by atoms with Crippen molar-refractivity contribution in [1.82, 2.24) is 0 Å². The second-order valence-electron chi connectivity index (χ2n) is 4.35. The molecular weight excluding hydrogens is 220 g/mol. The number of rotatable bonds is 4. The number of hydrogen-bond donors (Lipinski definition) is 0. The molecule has 0 spiro atoms. The first kappa shape index (κ1) is 12.3. The molecule has 14 heavy (non-hydrogen) atoms. The molecule has 0 bridgehead atoms. The predicted molar refractivity (Wildman–Crippen MR) is 60.5 cm³/mol. The Kier molecular flexibility index (Phi) is 4.71. The van der Waals surface area contributed by atoms with Gasteiger partial charge in [-0.3, -0.25) is 0 Å². The summed E-state index contributed by atoms with van der Waals surface area (Å²) in [4.78, 5) is 0. The standard InChI is InChI=1S/C10H19ClO2S/c1-9(7-11)8-14(12,13)10-5-3-2-4-6-10/h9-10H,2-8H2,1H3. The summed E-state index contributed by atoms with van der Waals surface area (Å²) in [6, 6.07) is 0. The summed E-state index contributed by atoms with van der Waals surface area (Å²) in [7, 11) is -2.88. The molecule has 0 aromatic rings. The minimum absolute atomic E-state index is 0.0816. The summed E-state index contributed by atoms with van der Waals surface area (Å²) in [5.74, 6) is 0.788. The van der Waals surface area contributed by atoms with Crippen molar-refractivity contribution < 1.29 is 8.42 Å². The average Bonchev–Trinajstić information content (AvgIpc) is 2.18. The maximum atomic E-state index is 11.9. The van der Waals surface area contributed by atoms with E-state index in [9.17, 15) is 8.42 Å². The predicted octanol–water partition coefficient (Wildman–Crippen LogP) is 2.61. The third-order valence-electron chi connectivity index (χ3n) is 2.84. The van der Waals surface area contributed by atoms with Gasteiger partial charge in [0.2, 0.25) is 0 Å². The molecule has 0 aliphatic heterocycles. The highest BCUT2D eigenvalue weighted by atomic mass is 35.5. The quantitative estimate of drug-likeness (QED) is 0.706. The van der Waals surface area contributed by atoms with Crippen LogP contribution in [0.1, 0.15) is 39.0 Å². The van der Waals surface area contributed by atoms with Crippen LogP contribution in [0.3, 0.4) is 0 Å². The summed E-state index contributed by atoms with van der Waals surface area (Å²) in [5.41, 5.74) is 0. The van der Waals surface area contributed by atoms with Gasteiger partial charge in [0, 0.05) is 5.88 Å². The van der Waals surface area contributed by atoms with Crippen LogP contribution in [0.2, 0.25) is 0 Å². The van der Waals surface area contributed by atoms with Crippen molar-refractivity contribution in [2.24, 2.45) is 5.92 Å². The van der Waals surface area contributed by atoms with Gasteiger partial charge in [0.15, 0.2) is 9.84 Å². The molecule has 4 heteroatoms. The zero-order valence-corrected chi connectivity index (χ0v) is 10.3. The Morgan fingerprint density at radius 1 is 1.29 bits per heavy atom. The first-order valence-electron chi connectivity index (χ1n) is 5.34. The van der Waals surface area contributed by atoms with Crippen LogP contribution in [0.4, 0.5) is 0 Å². The molecule has 0 N–H and O–H groups in total. The Morgan fingerprint density at radius 3 is 2.36 bits per heavy atom. The van der Waals surface area contributed by atoms with E-state index in [1.165, 1.54) is 6.42 Å². The monoisotopic (exact) mass is 238 g/mol. The van der Waals surface area contributed by atoms with E-state index in [0.29, 0.717) is 5.88 Å². The van der Waals surface area contributed by atoms with Crippen molar-refractivity contribution >= 4 is 21.4 Å². The van der Waals surface area contributed by atoms with Gasteiger partial charge in [-0.2, -0.15) is 0 Å². The van der Waals surface area contributed by atoms with Gasteiger partial charge in [0.1, 0.15) is 0 Å². The molecular formula is C10H19ClO2S. The topological polar surface area (TPSA) is 34.1 Å². The third-order valence-corrected chi connectivity index (χ3v) is 5.89. The van der Waals surface area contributed by atoms with Crippen LogP contribution >= 0.6 is 11.6 Å². The molecule has 0 saturated heterocycles. The van der Waals surface area contributed by atoms with E-state index in [-0.39, 0.29) is 16.9 Å². The molecule has 0 radical (unpaired) electrons. The largest absolute Gasteiger partial charge is 0.229 e. The molecule has 1 fully saturated rings. The SMILES string of the molecule is CC(CCl)CS(=O)(=O)C1CCCCC1. The van der Waals surface area contributed by atoms with E-state index in [0.717, 1.165) is 25.7 Å². The van der Waals surface area contributed by atoms with Crippen LogP contribution in [0.15, 0.2) is 0 Å². The lowest BCUT2D eigenvalue weighted by Gasteiger charge is -2.22. The first-order chi connectivity index (χ1) is 6.56. The summed E-state index contributed by atoms with van der Waals surface area (Å²) in [5, 5.41) is -0.0816. The van der Waals surface area contributed by atoms with E-state index >= 15 is 0 Å². The van der Waals surface area contributed by atoms with Gasteiger partial charge in [-0.05, 0) is 18.8 Å². The molecule has 1 aliphatic rings. The van der Waals surface area contributed by atoms with Crippen LogP contribution < -0.4 is 0 Å². The van der Waals surface area contributed by atoms with Crippen molar-refractivity contribution in [2.45, 2.75) is 44.3 Å². The highest BCUT2D eigenvalue weighted by Gasteiger charge is 2.28. The maximum Gasteiger partial charge on any atom is 0.153 e. The van der Waals surface area contributed by atoms with Gasteiger partial charge in [0.05, 0.1) is 11.0 Å². The lowest BCUT2D eigenvalue weighted by Crippen LogP contribution is -2.29. The molecule has 84 valence electrons. The maximum absolute atomic E-state index is 11.9. The van der Waals surface area contributed by atoms with Crippen LogP contribution in [0.25, 0.3) is 0 Å². The van der Waals surface area contributed by atoms with E-state index in [2.05, 4.69) is 0 Å². The summed E-state index contributed by atoms with van der Waals surface area (Å²) >= 11 is 5.63. The van der Waals surface area contributed by atoms with E-state index < -0.39 is 9.84 Å². The van der Waals surface area contributed by atoms with Crippen molar-refractivity contribution in [3.8, 4) is 0 Å². The Morgan fingerprint density at radius 2 is 1.86 bits per heavy atom. The van der Waals surface area contributed by atoms with Gasteiger partial charge >= 0.3 is 0 Å². The van der Waals surface area contributed by atoms with Crippen LogP contribution in [0, 0.1) is 5.92 Å². The Balaban J connectivity index is 2.54. The minimum atomic E-state index is -2.88. The fourth-order valence-electron chi connectivity index (χ4n) is 2.00. The fraction of sp³-hybridized carbons (Fsp3) is 1.00. The third kappa shape index (κ3) is 3.43. The van der Waals surface area contributed by atoms with Crippen LogP contribution in [-0.4, -0.2) is 25.3 Å². The second-order valence-corrected chi connectivity index (χ2v) is 6.98. The van der Waals surface area contributed by atoms with Gasteiger partial charge in [-0.25, -0.2) is 8.42 Å². The minimum Gasteiger partial charge on any atom is -0.229 e. The van der Waals surface area contributed by atoms with Gasteiger partial charge in [-0.1, -0.05) is 26.2 Å². The zero-order chi connectivity index (χ0) is 10.6. The molecule has 0 heterocycles. The van der Waals surface area contributed by atoms with Crippen LogP contribution in [-0.2, 0) is 9.84 Å². The van der Waals surface area contributed by atoms with Crippen molar-refractivity contribution in [1.29, 1.82) is 0 Å². The van der Waals surface area contributed by atoms with Crippen molar-refractivity contribution in [3.05, 3.63) is 0 Å². The molecule has 1 atom stereocenters. The summed E-state index contributed by atoms with van der Waals surface area (Å²) < 4.78 is 23.8. The smallest absolute Gasteiger partial charge is 0.153 e. The molecule has 1 rings (SSSR count). The number of hydrogen-bond acceptors (Lipinski definition) is 2. The number of alkyl halides is 1. The average molecular weight is 239 g/mol. The Bertz CT molecular complexity index is 255. The molecule has 0 aromatic carbocycles. The lowest BCUT2D eigenvalue weighted by atomic mass is 10.0. The van der Waals surface area contributed by atoms with E-state index in [1.807, 2.05) is 6.92 Å². The van der Waals surface area contributed by atoms with Crippen molar-refractivity contribution in [3.63, 3.8) is 0 Å². The summed E-state index contributed by atoms with van der Waals surface area (Å²) in [6.45, 7) is 1.90. The fourth-order valence-corrected chi connectivity index (χ4v) is 4.47. The molecule has 0 amide bonds. The molecule has 0 aromatic heterocycles. The normalized spacial score (nSPS) is 22.1. The first-order valence-corrected chi connectivity index (χ1v) is 7.59. The number of sulfone groups is 1. The molecule has 2 nitrogen and oxygen atoms in total. The Labute approximate surface area is 91.9 Å². The molecule has 1 unspecified atom stereocenters. The molecule has 1 saturated carbocycles. The van der Waals surface area contributed by atoms with Crippen molar-refractivity contribution in [2.75, 3.05) is 11.6 Å². The van der Waals surface area contributed by atoms with Crippen LogP contribution in [0.5, 0.6) is 0 Å². The van der Waals surface area contributed by atoms with Gasteiger partial charge in [0.25, 0.3) is 0 Å². The highest BCUT2D eigenvalue weighted by molar-refractivity contribution is 7.92. The Hall–Kier alpha value is 0.240. The molecule has 1 aliphatic carbocycles. The second kappa shape index (κ2) is 5.36. The highest BCUT2D eigenvalue weighted by Crippen LogP contribution is 2.25. The summed E-state index contributed by atoms with van der Waals surface area (Å²) in [6.07, 6.45) is 5.05. The van der Waals surface area contributed by atoms with Gasteiger partial charge in [-0.15, -0.1) is 11.6 Å². The lowest BCUT2D eigenvalue weighted by molar-refractivity contribution is 0.480. The number of halogens is 1. The zero-order valence-electron chi connectivity index (χ0n) is 8.71.